The number of carbonyl (C=O) groups is 2. The van der Waals surface area contributed by atoms with Gasteiger partial charge in [-0.3, -0.25) is 19.4 Å². The number of halogens is 2. The van der Waals surface area contributed by atoms with Crippen LogP contribution in [0.2, 0.25) is 5.02 Å². The lowest BCUT2D eigenvalue weighted by Crippen LogP contribution is -2.56. The Morgan fingerprint density at radius 1 is 0.730 bits per heavy atom. The van der Waals surface area contributed by atoms with Crippen LogP contribution in [0.25, 0.3) is 6.08 Å². The lowest BCUT2D eigenvalue weighted by molar-refractivity contribution is -0.120. The van der Waals surface area contributed by atoms with E-state index in [9.17, 15) is 9.59 Å². The van der Waals surface area contributed by atoms with E-state index in [1.165, 1.54) is 9.80 Å². The molecule has 0 atom stereocenters. The van der Waals surface area contributed by atoms with Gasteiger partial charge in [-0.05, 0) is 83.9 Å². The number of carbonyl (C=O) groups excluding carboxylic acids is 2. The van der Waals surface area contributed by atoms with Gasteiger partial charge in [0.2, 0.25) is 0 Å². The molecule has 0 radical (unpaired) electrons. The number of nitrogens with zero attached hydrogens (tertiary/aromatic N) is 2. The molecule has 7 heteroatoms. The van der Waals surface area contributed by atoms with Gasteiger partial charge < -0.3 is 0 Å². The molecule has 0 spiro atoms. The predicted octanol–water partition coefficient (Wildman–Crippen LogP) is 7.44. The van der Waals surface area contributed by atoms with Crippen molar-refractivity contribution < 1.29 is 9.59 Å². The Kier molecular flexibility index (Phi) is 7.33. The molecular formula is C30H20BrClN2O2S. The Balaban J connectivity index is 1.65. The summed E-state index contributed by atoms with van der Waals surface area (Å²) in [5.74, 6) is -0.972. The van der Waals surface area contributed by atoms with Gasteiger partial charge in [-0.25, -0.2) is 0 Å². The van der Waals surface area contributed by atoms with Crippen molar-refractivity contribution >= 4 is 74.1 Å². The number of thiocarbonyl (C=S) groups is 1. The molecule has 1 fully saturated rings. The van der Waals surface area contributed by atoms with Crippen LogP contribution in [0.5, 0.6) is 0 Å². The standard InChI is InChI=1S/C30H20BrClN2O2S/c31-27-14-8-7-9-21(27)17-20-15-16-23(32)18-22(20)19-26-28(35)33(24-10-3-1-4-11-24)30(37)34(29(26)36)25-12-5-2-6-13-25/h1-16,18-19H,17H2. The van der Waals surface area contributed by atoms with E-state index in [1.807, 2.05) is 72.8 Å². The fourth-order valence-corrected chi connectivity index (χ4v) is 5.18. The summed E-state index contributed by atoms with van der Waals surface area (Å²) in [4.78, 5) is 30.4. The highest BCUT2D eigenvalue weighted by Crippen LogP contribution is 2.31. The van der Waals surface area contributed by atoms with Crippen molar-refractivity contribution in [3.63, 3.8) is 0 Å². The molecule has 4 aromatic carbocycles. The summed E-state index contributed by atoms with van der Waals surface area (Å²) in [7, 11) is 0. The van der Waals surface area contributed by atoms with Crippen molar-refractivity contribution in [2.45, 2.75) is 6.42 Å². The smallest absolute Gasteiger partial charge is 0.268 e. The molecule has 4 aromatic rings. The highest BCUT2D eigenvalue weighted by Gasteiger charge is 2.41. The molecule has 0 aliphatic carbocycles. The van der Waals surface area contributed by atoms with Crippen LogP contribution in [-0.4, -0.2) is 16.9 Å². The fraction of sp³-hybridized carbons (Fsp3) is 0.0333. The minimum atomic E-state index is -0.486. The third kappa shape index (κ3) is 5.14. The Morgan fingerprint density at radius 3 is 1.84 bits per heavy atom. The van der Waals surface area contributed by atoms with E-state index >= 15 is 0 Å². The molecule has 0 aromatic heterocycles. The molecule has 0 unspecified atom stereocenters. The monoisotopic (exact) mass is 586 g/mol. The van der Waals surface area contributed by atoms with Gasteiger partial charge in [-0.15, -0.1) is 0 Å². The van der Waals surface area contributed by atoms with Crippen molar-refractivity contribution in [2.24, 2.45) is 0 Å². The number of anilines is 2. The minimum absolute atomic E-state index is 0.00282. The van der Waals surface area contributed by atoms with Crippen molar-refractivity contribution in [3.8, 4) is 0 Å². The Morgan fingerprint density at radius 2 is 1.27 bits per heavy atom. The van der Waals surface area contributed by atoms with Crippen molar-refractivity contribution in [2.75, 3.05) is 9.80 Å². The van der Waals surface area contributed by atoms with E-state index in [0.717, 1.165) is 15.6 Å². The Hall–Kier alpha value is -3.58. The zero-order valence-corrected chi connectivity index (χ0v) is 22.6. The first-order chi connectivity index (χ1) is 17.9. The largest absolute Gasteiger partial charge is 0.270 e. The normalized spacial score (nSPS) is 13.8. The van der Waals surface area contributed by atoms with Gasteiger partial charge in [0.25, 0.3) is 11.8 Å². The van der Waals surface area contributed by atoms with E-state index in [0.29, 0.717) is 28.4 Å². The molecule has 2 amide bonds. The summed E-state index contributed by atoms with van der Waals surface area (Å²) in [6.07, 6.45) is 2.21. The first kappa shape index (κ1) is 25.1. The van der Waals surface area contributed by atoms with E-state index in [2.05, 4.69) is 15.9 Å². The lowest BCUT2D eigenvalue weighted by atomic mass is 9.97. The van der Waals surface area contributed by atoms with Crippen molar-refractivity contribution in [1.82, 2.24) is 0 Å². The molecule has 0 bridgehead atoms. The first-order valence-corrected chi connectivity index (χ1v) is 13.1. The van der Waals surface area contributed by atoms with Gasteiger partial charge in [0.1, 0.15) is 5.57 Å². The second-order valence-corrected chi connectivity index (χ2v) is 10.1. The quantitative estimate of drug-likeness (QED) is 0.138. The third-order valence-electron chi connectivity index (χ3n) is 6.02. The molecule has 5 rings (SSSR count). The molecule has 1 saturated heterocycles. The average Bonchev–Trinajstić information content (AvgIpc) is 2.90. The molecule has 182 valence electrons. The summed E-state index contributed by atoms with van der Waals surface area (Å²) in [5.41, 5.74) is 3.84. The lowest BCUT2D eigenvalue weighted by Gasteiger charge is -2.36. The summed E-state index contributed by atoms with van der Waals surface area (Å²) < 4.78 is 0.976. The maximum Gasteiger partial charge on any atom is 0.270 e. The number of rotatable bonds is 5. The molecule has 4 nitrogen and oxygen atoms in total. The SMILES string of the molecule is O=C1C(=Cc2cc(Cl)ccc2Cc2ccccc2Br)C(=O)N(c2ccccc2)C(=S)N1c1ccccc1. The highest BCUT2D eigenvalue weighted by atomic mass is 79.9. The van der Waals surface area contributed by atoms with Crippen LogP contribution < -0.4 is 9.80 Å². The number of hydrogen-bond donors (Lipinski definition) is 0. The van der Waals surface area contributed by atoms with Gasteiger partial charge in [0.05, 0.1) is 11.4 Å². The second-order valence-electron chi connectivity index (χ2n) is 8.40. The minimum Gasteiger partial charge on any atom is -0.268 e. The van der Waals surface area contributed by atoms with Crippen LogP contribution in [0.1, 0.15) is 16.7 Å². The van der Waals surface area contributed by atoms with Gasteiger partial charge in [0.15, 0.2) is 5.11 Å². The van der Waals surface area contributed by atoms with Crippen LogP contribution in [0.4, 0.5) is 11.4 Å². The fourth-order valence-electron chi connectivity index (χ4n) is 4.20. The molecule has 1 heterocycles. The van der Waals surface area contributed by atoms with Crippen molar-refractivity contribution in [3.05, 3.63) is 135 Å². The van der Waals surface area contributed by atoms with Crippen LogP contribution in [0, 0.1) is 0 Å². The summed E-state index contributed by atoms with van der Waals surface area (Å²) in [5, 5.41) is 0.609. The van der Waals surface area contributed by atoms with E-state index in [-0.39, 0.29) is 10.7 Å². The summed E-state index contributed by atoms with van der Waals surface area (Å²) in [6, 6.07) is 31.6. The van der Waals surface area contributed by atoms with Crippen LogP contribution >= 0.6 is 39.7 Å². The number of para-hydroxylation sites is 2. The molecule has 1 aliphatic heterocycles. The Labute approximate surface area is 233 Å². The van der Waals surface area contributed by atoms with Crippen molar-refractivity contribution in [1.29, 1.82) is 0 Å². The molecule has 0 N–H and O–H groups in total. The zero-order chi connectivity index (χ0) is 25.9. The number of hydrogen-bond acceptors (Lipinski definition) is 3. The average molecular weight is 588 g/mol. The topological polar surface area (TPSA) is 40.6 Å². The Bertz CT molecular complexity index is 1480. The first-order valence-electron chi connectivity index (χ1n) is 11.5. The van der Waals surface area contributed by atoms with E-state index in [1.54, 1.807) is 36.4 Å². The molecule has 1 aliphatic rings. The predicted molar refractivity (Wildman–Crippen MR) is 157 cm³/mol. The number of amides is 2. The van der Waals surface area contributed by atoms with Crippen LogP contribution in [0.3, 0.4) is 0 Å². The summed E-state index contributed by atoms with van der Waals surface area (Å²) >= 11 is 15.7. The molecule has 37 heavy (non-hydrogen) atoms. The van der Waals surface area contributed by atoms with Crippen LogP contribution in [0.15, 0.2) is 113 Å². The van der Waals surface area contributed by atoms with Crippen LogP contribution in [-0.2, 0) is 16.0 Å². The van der Waals surface area contributed by atoms with E-state index < -0.39 is 11.8 Å². The molecule has 0 saturated carbocycles. The van der Waals surface area contributed by atoms with Gasteiger partial charge in [0, 0.05) is 9.50 Å². The maximum absolute atomic E-state index is 13.8. The maximum atomic E-state index is 13.8. The number of benzene rings is 4. The second kappa shape index (κ2) is 10.8. The van der Waals surface area contributed by atoms with Gasteiger partial charge in [-0.2, -0.15) is 0 Å². The van der Waals surface area contributed by atoms with Gasteiger partial charge in [-0.1, -0.05) is 88.2 Å². The molecular weight excluding hydrogens is 568 g/mol. The van der Waals surface area contributed by atoms with Gasteiger partial charge >= 0.3 is 0 Å². The zero-order valence-electron chi connectivity index (χ0n) is 19.5. The summed E-state index contributed by atoms with van der Waals surface area (Å²) in [6.45, 7) is 0. The highest BCUT2D eigenvalue weighted by molar-refractivity contribution is 9.10. The third-order valence-corrected chi connectivity index (χ3v) is 7.40. The van der Waals surface area contributed by atoms with E-state index in [4.69, 9.17) is 23.8 Å².